The highest BCUT2D eigenvalue weighted by atomic mass is 35.5. The second kappa shape index (κ2) is 8.72. The van der Waals surface area contributed by atoms with Crippen LogP contribution in [0.1, 0.15) is 33.3 Å². The topological polar surface area (TPSA) is 77.5 Å². The van der Waals surface area contributed by atoms with Crippen LogP contribution >= 0.6 is 11.6 Å². The predicted molar refractivity (Wildman–Crippen MR) is 87.3 cm³/mol. The number of pyridine rings is 1. The van der Waals surface area contributed by atoms with Gasteiger partial charge in [-0.1, -0.05) is 17.7 Å². The summed E-state index contributed by atoms with van der Waals surface area (Å²) in [5, 5.41) is 2.93. The van der Waals surface area contributed by atoms with Crippen molar-refractivity contribution < 1.29 is 19.1 Å². The SMILES string of the molecule is CCOC(=O)C(CNC(=O)OC(C)(C)C)Cc1cccnc1Cl. The van der Waals surface area contributed by atoms with Crippen molar-refractivity contribution in [1.29, 1.82) is 0 Å². The van der Waals surface area contributed by atoms with E-state index >= 15 is 0 Å². The molecule has 0 bridgehead atoms. The summed E-state index contributed by atoms with van der Waals surface area (Å²) in [6.07, 6.45) is 1.31. The van der Waals surface area contributed by atoms with Crippen LogP contribution in [0.4, 0.5) is 4.79 Å². The highest BCUT2D eigenvalue weighted by molar-refractivity contribution is 6.30. The van der Waals surface area contributed by atoms with Crippen molar-refractivity contribution in [3.05, 3.63) is 29.0 Å². The Balaban J connectivity index is 2.72. The van der Waals surface area contributed by atoms with Gasteiger partial charge in [0.05, 0.1) is 12.5 Å². The number of rotatable bonds is 6. The first kappa shape index (κ1) is 19.2. The number of nitrogens with one attached hydrogen (secondary N) is 1. The van der Waals surface area contributed by atoms with E-state index in [1.54, 1.807) is 46.0 Å². The number of esters is 1. The molecule has 128 valence electrons. The lowest BCUT2D eigenvalue weighted by Gasteiger charge is -2.21. The largest absolute Gasteiger partial charge is 0.466 e. The zero-order valence-corrected chi connectivity index (χ0v) is 14.6. The van der Waals surface area contributed by atoms with Crippen LogP contribution in [-0.4, -0.2) is 35.8 Å². The van der Waals surface area contributed by atoms with Crippen LogP contribution < -0.4 is 5.32 Å². The van der Waals surface area contributed by atoms with E-state index in [1.165, 1.54) is 0 Å². The van der Waals surface area contributed by atoms with Gasteiger partial charge in [-0.3, -0.25) is 4.79 Å². The van der Waals surface area contributed by atoms with Crippen molar-refractivity contribution in [3.8, 4) is 0 Å². The number of amides is 1. The fourth-order valence-corrected chi connectivity index (χ4v) is 2.05. The average Bonchev–Trinajstić information content (AvgIpc) is 2.43. The van der Waals surface area contributed by atoms with Gasteiger partial charge >= 0.3 is 12.1 Å². The first-order valence-electron chi connectivity index (χ1n) is 7.45. The van der Waals surface area contributed by atoms with Gasteiger partial charge in [-0.2, -0.15) is 0 Å². The molecular weight excluding hydrogens is 320 g/mol. The van der Waals surface area contributed by atoms with E-state index in [-0.39, 0.29) is 13.2 Å². The molecule has 1 aromatic heterocycles. The molecule has 23 heavy (non-hydrogen) atoms. The molecule has 6 nitrogen and oxygen atoms in total. The van der Waals surface area contributed by atoms with Gasteiger partial charge in [0.2, 0.25) is 0 Å². The molecular formula is C16H23ClN2O4. The van der Waals surface area contributed by atoms with Crippen LogP contribution in [-0.2, 0) is 20.7 Å². The molecule has 1 aromatic rings. The lowest BCUT2D eigenvalue weighted by Crippen LogP contribution is -2.38. The number of ether oxygens (including phenoxy) is 2. The third-order valence-corrected chi connectivity index (χ3v) is 3.15. The Bertz CT molecular complexity index is 543. The van der Waals surface area contributed by atoms with Crippen molar-refractivity contribution in [2.24, 2.45) is 5.92 Å². The Kier molecular flexibility index (Phi) is 7.29. The number of nitrogens with zero attached hydrogens (tertiary/aromatic N) is 1. The first-order valence-corrected chi connectivity index (χ1v) is 7.83. The zero-order valence-electron chi connectivity index (χ0n) is 13.9. The third kappa shape index (κ3) is 7.32. The summed E-state index contributed by atoms with van der Waals surface area (Å²) in [5.74, 6) is -0.965. The molecule has 0 spiro atoms. The average molecular weight is 343 g/mol. The fourth-order valence-electron chi connectivity index (χ4n) is 1.86. The summed E-state index contributed by atoms with van der Waals surface area (Å²) in [5.41, 5.74) is 0.120. The summed E-state index contributed by atoms with van der Waals surface area (Å²) in [6, 6.07) is 3.53. The van der Waals surface area contributed by atoms with Crippen LogP contribution in [0.2, 0.25) is 5.15 Å². The molecule has 1 amide bonds. The van der Waals surface area contributed by atoms with E-state index in [2.05, 4.69) is 10.3 Å². The lowest BCUT2D eigenvalue weighted by molar-refractivity contribution is -0.147. The molecule has 7 heteroatoms. The van der Waals surface area contributed by atoms with Gasteiger partial charge in [-0.15, -0.1) is 0 Å². The molecule has 0 aliphatic rings. The van der Waals surface area contributed by atoms with E-state index in [9.17, 15) is 9.59 Å². The number of carbonyl (C=O) groups is 2. The molecule has 1 heterocycles. The van der Waals surface area contributed by atoms with Crippen molar-refractivity contribution in [2.75, 3.05) is 13.2 Å². The van der Waals surface area contributed by atoms with Gasteiger partial charge in [0.15, 0.2) is 0 Å². The molecule has 0 aliphatic carbocycles. The number of hydrogen-bond acceptors (Lipinski definition) is 5. The number of alkyl carbamates (subject to hydrolysis) is 1. The Morgan fingerprint density at radius 3 is 2.65 bits per heavy atom. The minimum Gasteiger partial charge on any atom is -0.466 e. The maximum Gasteiger partial charge on any atom is 0.407 e. The highest BCUT2D eigenvalue weighted by Crippen LogP contribution is 2.17. The standard InChI is InChI=1S/C16H23ClN2O4/c1-5-22-14(20)12(9-11-7-6-8-18-13(11)17)10-19-15(21)23-16(2,3)4/h6-8,12H,5,9-10H2,1-4H3,(H,19,21). The summed E-state index contributed by atoms with van der Waals surface area (Å²) in [6.45, 7) is 7.40. The van der Waals surface area contributed by atoms with E-state index < -0.39 is 23.6 Å². The summed E-state index contributed by atoms with van der Waals surface area (Å²) >= 11 is 6.02. The van der Waals surface area contributed by atoms with Crippen molar-refractivity contribution in [3.63, 3.8) is 0 Å². The quantitative estimate of drug-likeness (QED) is 0.635. The minimum atomic E-state index is -0.601. The van der Waals surface area contributed by atoms with Gasteiger partial charge in [-0.05, 0) is 45.7 Å². The monoisotopic (exact) mass is 342 g/mol. The van der Waals surface area contributed by atoms with E-state index in [0.717, 1.165) is 5.56 Å². The number of hydrogen-bond donors (Lipinski definition) is 1. The first-order chi connectivity index (χ1) is 10.7. The molecule has 0 saturated heterocycles. The second-order valence-electron chi connectivity index (χ2n) is 5.99. The second-order valence-corrected chi connectivity index (χ2v) is 6.35. The van der Waals surface area contributed by atoms with Gasteiger partial charge in [0.1, 0.15) is 10.8 Å². The predicted octanol–water partition coefficient (Wildman–Crippen LogP) is 2.98. The molecule has 0 fully saturated rings. The maximum absolute atomic E-state index is 12.1. The van der Waals surface area contributed by atoms with Gasteiger partial charge in [-0.25, -0.2) is 9.78 Å². The van der Waals surface area contributed by atoms with Crippen molar-refractivity contribution >= 4 is 23.7 Å². The lowest BCUT2D eigenvalue weighted by atomic mass is 10.0. The summed E-state index contributed by atoms with van der Waals surface area (Å²) < 4.78 is 10.2. The summed E-state index contributed by atoms with van der Waals surface area (Å²) in [7, 11) is 0. The van der Waals surface area contributed by atoms with Crippen LogP contribution in [0.3, 0.4) is 0 Å². The smallest absolute Gasteiger partial charge is 0.407 e. The number of carbonyl (C=O) groups excluding carboxylic acids is 2. The van der Waals surface area contributed by atoms with Crippen LogP contribution in [0.5, 0.6) is 0 Å². The Morgan fingerprint density at radius 1 is 1.39 bits per heavy atom. The van der Waals surface area contributed by atoms with Gasteiger partial charge < -0.3 is 14.8 Å². The van der Waals surface area contributed by atoms with Crippen LogP contribution in [0, 0.1) is 5.92 Å². The molecule has 1 unspecified atom stereocenters. The van der Waals surface area contributed by atoms with E-state index in [1.807, 2.05) is 0 Å². The third-order valence-electron chi connectivity index (χ3n) is 2.81. The van der Waals surface area contributed by atoms with Crippen LogP contribution in [0.25, 0.3) is 0 Å². The van der Waals surface area contributed by atoms with Gasteiger partial charge in [0.25, 0.3) is 0 Å². The highest BCUT2D eigenvalue weighted by Gasteiger charge is 2.24. The normalized spacial score (nSPS) is 12.4. The molecule has 0 radical (unpaired) electrons. The van der Waals surface area contributed by atoms with Crippen molar-refractivity contribution in [2.45, 2.75) is 39.7 Å². The molecule has 1 atom stereocenters. The maximum atomic E-state index is 12.1. The molecule has 0 saturated carbocycles. The molecule has 1 rings (SSSR count). The number of halogens is 1. The van der Waals surface area contributed by atoms with E-state index in [4.69, 9.17) is 21.1 Å². The van der Waals surface area contributed by atoms with Crippen molar-refractivity contribution in [1.82, 2.24) is 10.3 Å². The van der Waals surface area contributed by atoms with Gasteiger partial charge in [0, 0.05) is 12.7 Å². The minimum absolute atomic E-state index is 0.0962. The zero-order chi connectivity index (χ0) is 17.5. The summed E-state index contributed by atoms with van der Waals surface area (Å²) in [4.78, 5) is 27.8. The van der Waals surface area contributed by atoms with E-state index in [0.29, 0.717) is 11.6 Å². The Labute approximate surface area is 141 Å². The Morgan fingerprint density at radius 2 is 2.09 bits per heavy atom. The fraction of sp³-hybridized carbons (Fsp3) is 0.562. The number of aromatic nitrogens is 1. The molecule has 0 aliphatic heterocycles. The Hall–Kier alpha value is -1.82. The molecule has 1 N–H and O–H groups in total. The van der Waals surface area contributed by atoms with Crippen LogP contribution in [0.15, 0.2) is 18.3 Å². The molecule has 0 aromatic carbocycles.